The minimum Gasteiger partial charge on any atom is -0.444 e. The smallest absolute Gasteiger partial charge is 0.410 e. The molecule has 25 heavy (non-hydrogen) atoms. The highest BCUT2D eigenvalue weighted by atomic mass is 16.6. The summed E-state index contributed by atoms with van der Waals surface area (Å²) >= 11 is 0. The van der Waals surface area contributed by atoms with Gasteiger partial charge in [-0.3, -0.25) is 0 Å². The van der Waals surface area contributed by atoms with Gasteiger partial charge in [-0.05, 0) is 88.0 Å². The second-order valence-corrected chi connectivity index (χ2v) is 8.34. The molecule has 1 heterocycles. The molecule has 140 valence electrons. The summed E-state index contributed by atoms with van der Waals surface area (Å²) in [7, 11) is 0. The number of benzene rings is 1. The van der Waals surface area contributed by atoms with E-state index in [1.54, 1.807) is 5.56 Å². The minimum atomic E-state index is -0.416. The molecule has 3 rings (SSSR count). The zero-order valence-corrected chi connectivity index (χ0v) is 17.2. The normalized spacial score (nSPS) is 18.4. The number of hydrogen-bond donors (Lipinski definition) is 0. The summed E-state index contributed by atoms with van der Waals surface area (Å²) in [6, 6.07) is 4.78. The van der Waals surface area contributed by atoms with Gasteiger partial charge in [-0.25, -0.2) is 4.79 Å². The molecule has 0 N–H and O–H groups in total. The maximum Gasteiger partial charge on any atom is 0.410 e. The van der Waals surface area contributed by atoms with Crippen LogP contribution in [0.1, 0.15) is 76.1 Å². The summed E-state index contributed by atoms with van der Waals surface area (Å²) in [5.41, 5.74) is 5.72. The molecule has 1 amide bonds. The van der Waals surface area contributed by atoms with Crippen molar-refractivity contribution in [2.24, 2.45) is 0 Å². The highest BCUT2D eigenvalue weighted by molar-refractivity contribution is 5.68. The van der Waals surface area contributed by atoms with E-state index in [2.05, 4.69) is 26.0 Å². The molecule has 1 aromatic carbocycles. The molecule has 3 nitrogen and oxygen atoms in total. The van der Waals surface area contributed by atoms with Crippen LogP contribution in [0.25, 0.3) is 0 Å². The first kappa shape index (κ1) is 19.8. The highest BCUT2D eigenvalue weighted by Gasteiger charge is 2.42. The Hall–Kier alpha value is -1.51. The van der Waals surface area contributed by atoms with E-state index < -0.39 is 5.60 Å². The van der Waals surface area contributed by atoms with Crippen LogP contribution >= 0.6 is 0 Å². The first-order valence-corrected chi connectivity index (χ1v) is 9.79. The molecular formula is C22H35NO2. The van der Waals surface area contributed by atoms with Crippen molar-refractivity contribution in [2.45, 2.75) is 85.2 Å². The summed E-state index contributed by atoms with van der Waals surface area (Å²) in [6.45, 7) is 15.8. The second-order valence-electron chi connectivity index (χ2n) is 8.34. The zero-order valence-electron chi connectivity index (χ0n) is 17.2. The molecule has 1 aromatic rings. The van der Waals surface area contributed by atoms with Crippen molar-refractivity contribution >= 4 is 6.09 Å². The molecule has 0 aromatic heterocycles. The van der Waals surface area contributed by atoms with E-state index >= 15 is 0 Å². The first-order valence-electron chi connectivity index (χ1n) is 9.79. The third-order valence-corrected chi connectivity index (χ3v) is 5.54. The van der Waals surface area contributed by atoms with Gasteiger partial charge in [0.25, 0.3) is 0 Å². The van der Waals surface area contributed by atoms with Gasteiger partial charge in [0, 0.05) is 13.1 Å². The molecule has 0 atom stereocenters. The Kier molecular flexibility index (Phi) is 5.86. The summed E-state index contributed by atoms with van der Waals surface area (Å²) in [5.74, 6) is 0. The van der Waals surface area contributed by atoms with Gasteiger partial charge in [-0.2, -0.15) is 0 Å². The lowest BCUT2D eigenvalue weighted by molar-refractivity contribution is 0.0164. The monoisotopic (exact) mass is 345 g/mol. The highest BCUT2D eigenvalue weighted by Crippen LogP contribution is 2.47. The van der Waals surface area contributed by atoms with Crippen LogP contribution in [-0.2, 0) is 16.6 Å². The van der Waals surface area contributed by atoms with Crippen LogP contribution in [0, 0.1) is 13.8 Å². The molecule has 1 spiro atoms. The molecular weight excluding hydrogens is 310 g/mol. The van der Waals surface area contributed by atoms with E-state index in [-0.39, 0.29) is 11.5 Å². The van der Waals surface area contributed by atoms with E-state index in [4.69, 9.17) is 4.74 Å². The molecule has 1 fully saturated rings. The van der Waals surface area contributed by atoms with Crippen LogP contribution in [0.15, 0.2) is 12.1 Å². The van der Waals surface area contributed by atoms with E-state index in [0.717, 1.165) is 25.9 Å². The van der Waals surface area contributed by atoms with Crippen molar-refractivity contribution in [3.05, 3.63) is 34.4 Å². The van der Waals surface area contributed by atoms with Crippen LogP contribution in [0.2, 0.25) is 0 Å². The lowest BCUT2D eigenvalue weighted by atomic mass is 9.73. The van der Waals surface area contributed by atoms with E-state index in [9.17, 15) is 4.79 Å². The van der Waals surface area contributed by atoms with Gasteiger partial charge in [0.05, 0.1) is 0 Å². The second kappa shape index (κ2) is 7.39. The maximum atomic E-state index is 12.3. The molecule has 0 saturated carbocycles. The van der Waals surface area contributed by atoms with E-state index in [0.29, 0.717) is 0 Å². The number of ether oxygens (including phenoxy) is 1. The molecule has 0 unspecified atom stereocenters. The van der Waals surface area contributed by atoms with Crippen LogP contribution in [-0.4, -0.2) is 29.7 Å². The minimum absolute atomic E-state index is 0.161. The van der Waals surface area contributed by atoms with Gasteiger partial charge in [-0.1, -0.05) is 26.0 Å². The molecule has 1 aliphatic carbocycles. The molecule has 3 heteroatoms. The third-order valence-electron chi connectivity index (χ3n) is 5.54. The Bertz CT molecular complexity index is 620. The van der Waals surface area contributed by atoms with Gasteiger partial charge in [0.1, 0.15) is 5.60 Å². The van der Waals surface area contributed by atoms with Crippen LogP contribution in [0.4, 0.5) is 4.79 Å². The Morgan fingerprint density at radius 3 is 2.16 bits per heavy atom. The quantitative estimate of drug-likeness (QED) is 0.617. The first-order chi connectivity index (χ1) is 11.7. The topological polar surface area (TPSA) is 29.5 Å². The number of aryl methyl sites for hydroxylation is 3. The van der Waals surface area contributed by atoms with Crippen molar-refractivity contribution in [1.29, 1.82) is 0 Å². The van der Waals surface area contributed by atoms with Gasteiger partial charge < -0.3 is 9.64 Å². The van der Waals surface area contributed by atoms with Gasteiger partial charge in [-0.15, -0.1) is 0 Å². The lowest BCUT2D eigenvalue weighted by Gasteiger charge is -2.40. The summed E-state index contributed by atoms with van der Waals surface area (Å²) in [4.78, 5) is 14.1. The van der Waals surface area contributed by atoms with Gasteiger partial charge in [0.2, 0.25) is 0 Å². The molecule has 0 radical (unpaired) electrons. The fourth-order valence-corrected chi connectivity index (χ4v) is 4.05. The van der Waals surface area contributed by atoms with Crippen molar-refractivity contribution in [3.63, 3.8) is 0 Å². The van der Waals surface area contributed by atoms with Crippen LogP contribution in [0.5, 0.6) is 0 Å². The number of likely N-dealkylation sites (tertiary alicyclic amines) is 1. The average Bonchev–Trinajstić information content (AvgIpc) is 2.87. The largest absolute Gasteiger partial charge is 0.444 e. The number of nitrogens with zero attached hydrogens (tertiary/aromatic N) is 1. The number of amides is 1. The maximum absolute atomic E-state index is 12.3. The zero-order chi connectivity index (χ0) is 18.8. The number of piperidine rings is 1. The van der Waals surface area contributed by atoms with E-state index in [1.165, 1.54) is 29.5 Å². The summed E-state index contributed by atoms with van der Waals surface area (Å²) in [5, 5.41) is 0. The SMILES string of the molecule is CC.Cc1cc2c(cc1C)C1(CC2)CCN(C(=O)OC(C)(C)C)CC1. The third kappa shape index (κ3) is 4.19. The molecule has 0 bridgehead atoms. The molecule has 2 aliphatic rings. The van der Waals surface area contributed by atoms with Crippen molar-refractivity contribution in [2.75, 3.05) is 13.1 Å². The Morgan fingerprint density at radius 1 is 1.04 bits per heavy atom. The number of rotatable bonds is 0. The number of hydrogen-bond acceptors (Lipinski definition) is 2. The average molecular weight is 346 g/mol. The van der Waals surface area contributed by atoms with Crippen molar-refractivity contribution < 1.29 is 9.53 Å². The Balaban J connectivity index is 0.00000109. The predicted molar refractivity (Wildman–Crippen MR) is 104 cm³/mol. The molecule has 1 saturated heterocycles. The molecule has 1 aliphatic heterocycles. The fraction of sp³-hybridized carbons (Fsp3) is 0.682. The standard InChI is InChI=1S/C20H29NO2.C2H6/c1-14-12-16-6-7-20(17(16)13-15(14)2)8-10-21(11-9-20)18(22)23-19(3,4)5;1-2/h12-13H,6-11H2,1-5H3;1-2H3. The number of carbonyl (C=O) groups is 1. The predicted octanol–water partition coefficient (Wildman–Crippen LogP) is 5.54. The van der Waals surface area contributed by atoms with Crippen LogP contribution in [0.3, 0.4) is 0 Å². The number of fused-ring (bicyclic) bond motifs is 2. The van der Waals surface area contributed by atoms with Crippen LogP contribution < -0.4 is 0 Å². The fourth-order valence-electron chi connectivity index (χ4n) is 4.05. The lowest BCUT2D eigenvalue weighted by Crippen LogP contribution is -2.46. The van der Waals surface area contributed by atoms with E-state index in [1.807, 2.05) is 39.5 Å². The van der Waals surface area contributed by atoms with Crippen molar-refractivity contribution in [3.8, 4) is 0 Å². The number of carbonyl (C=O) groups excluding carboxylic acids is 1. The van der Waals surface area contributed by atoms with Gasteiger partial charge in [0.15, 0.2) is 0 Å². The van der Waals surface area contributed by atoms with Crippen molar-refractivity contribution in [1.82, 2.24) is 4.90 Å². The summed E-state index contributed by atoms with van der Waals surface area (Å²) < 4.78 is 5.52. The Labute approximate surface area is 153 Å². The Morgan fingerprint density at radius 2 is 1.60 bits per heavy atom. The summed E-state index contributed by atoms with van der Waals surface area (Å²) in [6.07, 6.45) is 4.37. The van der Waals surface area contributed by atoms with Gasteiger partial charge >= 0.3 is 6.09 Å².